The fourth-order valence-corrected chi connectivity index (χ4v) is 3.00. The maximum atomic E-state index is 11.7. The van der Waals surface area contributed by atoms with Crippen LogP contribution in [0.3, 0.4) is 0 Å². The van der Waals surface area contributed by atoms with Crippen LogP contribution in [0.5, 0.6) is 0 Å². The molecule has 1 N–H and O–H groups in total. The first-order chi connectivity index (χ1) is 9.44. The molecule has 112 valence electrons. The van der Waals surface area contributed by atoms with Crippen molar-refractivity contribution in [3.8, 4) is 0 Å². The number of rotatable bonds is 3. The van der Waals surface area contributed by atoms with Crippen molar-refractivity contribution in [2.45, 2.75) is 39.2 Å². The maximum absolute atomic E-state index is 11.7. The van der Waals surface area contributed by atoms with Gasteiger partial charge in [0.05, 0.1) is 0 Å². The molecule has 0 bridgehead atoms. The largest absolute Gasteiger partial charge is 0.444 e. The van der Waals surface area contributed by atoms with Crippen molar-refractivity contribution in [2.24, 2.45) is 5.92 Å². The van der Waals surface area contributed by atoms with Crippen molar-refractivity contribution in [1.29, 1.82) is 0 Å². The van der Waals surface area contributed by atoms with E-state index in [4.69, 9.17) is 4.74 Å². The summed E-state index contributed by atoms with van der Waals surface area (Å²) in [6.45, 7) is 8.28. The highest BCUT2D eigenvalue weighted by molar-refractivity contribution is 7.13. The lowest BCUT2D eigenvalue weighted by atomic mass is 9.98. The van der Waals surface area contributed by atoms with Crippen LogP contribution in [0.15, 0.2) is 11.6 Å². The summed E-state index contributed by atoms with van der Waals surface area (Å²) < 4.78 is 5.25. The summed E-state index contributed by atoms with van der Waals surface area (Å²) in [7, 11) is 0. The molecule has 2 heterocycles. The first-order valence-electron chi connectivity index (χ1n) is 7.05. The molecule has 0 aliphatic carbocycles. The predicted molar refractivity (Wildman–Crippen MR) is 81.3 cm³/mol. The highest BCUT2D eigenvalue weighted by atomic mass is 32.1. The molecule has 1 aliphatic heterocycles. The van der Waals surface area contributed by atoms with Gasteiger partial charge in [-0.3, -0.25) is 0 Å². The molecular weight excluding hydrogens is 274 g/mol. The molecule has 1 aromatic rings. The Kier molecular flexibility index (Phi) is 4.86. The van der Waals surface area contributed by atoms with E-state index in [-0.39, 0.29) is 6.09 Å². The second-order valence-corrected chi connectivity index (χ2v) is 7.02. The molecule has 1 amide bonds. The number of hydrogen-bond acceptors (Lipinski definition) is 5. The van der Waals surface area contributed by atoms with Crippen molar-refractivity contribution >= 4 is 22.6 Å². The molecule has 1 atom stereocenters. The molecule has 20 heavy (non-hydrogen) atoms. The van der Waals surface area contributed by atoms with E-state index in [1.807, 2.05) is 32.3 Å². The van der Waals surface area contributed by atoms with E-state index in [2.05, 4.69) is 15.2 Å². The highest BCUT2D eigenvalue weighted by Crippen LogP contribution is 2.24. The lowest BCUT2D eigenvalue weighted by Crippen LogP contribution is -2.42. The lowest BCUT2D eigenvalue weighted by molar-refractivity contribution is 0.0517. The minimum Gasteiger partial charge on any atom is -0.444 e. The summed E-state index contributed by atoms with van der Waals surface area (Å²) in [6, 6.07) is 0. The highest BCUT2D eigenvalue weighted by Gasteiger charge is 2.23. The summed E-state index contributed by atoms with van der Waals surface area (Å²) in [5.41, 5.74) is -0.441. The van der Waals surface area contributed by atoms with Gasteiger partial charge in [0.25, 0.3) is 0 Å². The van der Waals surface area contributed by atoms with Crippen LogP contribution >= 0.6 is 11.3 Å². The van der Waals surface area contributed by atoms with Gasteiger partial charge in [-0.05, 0) is 39.5 Å². The number of piperidine rings is 1. The van der Waals surface area contributed by atoms with Gasteiger partial charge in [0.15, 0.2) is 5.13 Å². The average Bonchev–Trinajstić information content (AvgIpc) is 2.88. The van der Waals surface area contributed by atoms with Crippen LogP contribution in [0.2, 0.25) is 0 Å². The number of nitrogens with zero attached hydrogens (tertiary/aromatic N) is 2. The van der Waals surface area contributed by atoms with Gasteiger partial charge < -0.3 is 15.0 Å². The molecule has 0 radical (unpaired) electrons. The molecule has 1 fully saturated rings. The van der Waals surface area contributed by atoms with Crippen molar-refractivity contribution in [3.05, 3.63) is 11.6 Å². The third-order valence-electron chi connectivity index (χ3n) is 3.14. The summed E-state index contributed by atoms with van der Waals surface area (Å²) in [5.74, 6) is 0.458. The Morgan fingerprint density at radius 1 is 1.60 bits per heavy atom. The van der Waals surface area contributed by atoms with E-state index in [1.54, 1.807) is 11.3 Å². The third-order valence-corrected chi connectivity index (χ3v) is 3.97. The Bertz CT molecular complexity index is 428. The standard InChI is InChI=1S/C14H23N3O2S/c1-14(2,3)19-13(18)16-9-11-5-4-7-17(10-11)12-15-6-8-20-12/h6,8,11H,4-5,7,9-10H2,1-3H3,(H,16,18)/t11-/m1/s1. The smallest absolute Gasteiger partial charge is 0.407 e. The lowest BCUT2D eigenvalue weighted by Gasteiger charge is -2.32. The SMILES string of the molecule is CC(C)(C)OC(=O)NC[C@H]1CCCN(c2nccs2)C1. The van der Waals surface area contributed by atoms with Gasteiger partial charge in [-0.15, -0.1) is 11.3 Å². The normalized spacial score (nSPS) is 19.8. The molecule has 1 aliphatic rings. The van der Waals surface area contributed by atoms with E-state index in [1.165, 1.54) is 0 Å². The second-order valence-electron chi connectivity index (χ2n) is 6.15. The number of ether oxygens (including phenoxy) is 1. The van der Waals surface area contributed by atoms with Gasteiger partial charge in [0.1, 0.15) is 5.60 Å². The molecule has 2 rings (SSSR count). The van der Waals surface area contributed by atoms with Gasteiger partial charge in [-0.25, -0.2) is 9.78 Å². The van der Waals surface area contributed by atoms with Crippen molar-refractivity contribution in [2.75, 3.05) is 24.5 Å². The Morgan fingerprint density at radius 3 is 3.05 bits per heavy atom. The Morgan fingerprint density at radius 2 is 2.40 bits per heavy atom. The zero-order chi connectivity index (χ0) is 14.6. The molecule has 1 saturated heterocycles. The fraction of sp³-hybridized carbons (Fsp3) is 0.714. The number of hydrogen-bond donors (Lipinski definition) is 1. The first-order valence-corrected chi connectivity index (χ1v) is 7.93. The predicted octanol–water partition coefficient (Wildman–Crippen LogP) is 2.88. The number of aromatic nitrogens is 1. The minimum atomic E-state index is -0.441. The molecule has 0 spiro atoms. The van der Waals surface area contributed by atoms with Crippen molar-refractivity contribution in [3.63, 3.8) is 0 Å². The number of nitrogens with one attached hydrogen (secondary N) is 1. The number of carbonyl (C=O) groups is 1. The number of alkyl carbamates (subject to hydrolysis) is 1. The van der Waals surface area contributed by atoms with Crippen LogP contribution in [0.1, 0.15) is 33.6 Å². The molecule has 6 heteroatoms. The maximum Gasteiger partial charge on any atom is 0.407 e. The van der Waals surface area contributed by atoms with Crippen molar-refractivity contribution in [1.82, 2.24) is 10.3 Å². The van der Waals surface area contributed by atoms with Gasteiger partial charge >= 0.3 is 6.09 Å². The van der Waals surface area contributed by atoms with Crippen molar-refractivity contribution < 1.29 is 9.53 Å². The zero-order valence-corrected chi connectivity index (χ0v) is 13.2. The average molecular weight is 297 g/mol. The van der Waals surface area contributed by atoms with Crippen LogP contribution in [0, 0.1) is 5.92 Å². The number of anilines is 1. The minimum absolute atomic E-state index is 0.330. The molecule has 0 unspecified atom stereocenters. The first kappa shape index (κ1) is 15.1. The molecular formula is C14H23N3O2S. The monoisotopic (exact) mass is 297 g/mol. The van der Waals surface area contributed by atoms with Crippen LogP contribution < -0.4 is 10.2 Å². The van der Waals surface area contributed by atoms with E-state index >= 15 is 0 Å². The van der Waals surface area contributed by atoms with Crippen LogP contribution in [-0.2, 0) is 4.74 Å². The molecule has 5 nitrogen and oxygen atoms in total. The summed E-state index contributed by atoms with van der Waals surface area (Å²) in [6.07, 6.45) is 3.78. The van der Waals surface area contributed by atoms with Gasteiger partial charge in [0, 0.05) is 31.2 Å². The summed E-state index contributed by atoms with van der Waals surface area (Å²) in [4.78, 5) is 18.3. The van der Waals surface area contributed by atoms with Crippen LogP contribution in [-0.4, -0.2) is 36.3 Å². The van der Waals surface area contributed by atoms with Crippen LogP contribution in [0.4, 0.5) is 9.93 Å². The quantitative estimate of drug-likeness (QED) is 0.932. The third kappa shape index (κ3) is 4.67. The van der Waals surface area contributed by atoms with Crippen LogP contribution in [0.25, 0.3) is 0 Å². The topological polar surface area (TPSA) is 54.5 Å². The Labute approximate surface area is 124 Å². The van der Waals surface area contributed by atoms with E-state index < -0.39 is 5.60 Å². The van der Waals surface area contributed by atoms with E-state index in [9.17, 15) is 4.79 Å². The number of carbonyl (C=O) groups excluding carboxylic acids is 1. The number of amides is 1. The Balaban J connectivity index is 1.77. The van der Waals surface area contributed by atoms with E-state index in [0.29, 0.717) is 12.5 Å². The molecule has 1 aromatic heterocycles. The van der Waals surface area contributed by atoms with Gasteiger partial charge in [0.2, 0.25) is 0 Å². The molecule has 0 saturated carbocycles. The summed E-state index contributed by atoms with van der Waals surface area (Å²) >= 11 is 1.67. The second kappa shape index (κ2) is 6.43. The van der Waals surface area contributed by atoms with E-state index in [0.717, 1.165) is 31.1 Å². The fourth-order valence-electron chi connectivity index (χ4n) is 2.32. The van der Waals surface area contributed by atoms with Gasteiger partial charge in [-0.1, -0.05) is 0 Å². The number of thiazole rings is 1. The summed E-state index contributed by atoms with van der Waals surface area (Å²) in [5, 5.41) is 5.94. The zero-order valence-electron chi connectivity index (χ0n) is 12.4. The molecule has 0 aromatic carbocycles. The van der Waals surface area contributed by atoms with Gasteiger partial charge in [-0.2, -0.15) is 0 Å². The Hall–Kier alpha value is -1.30.